The molecule has 0 aliphatic rings. The van der Waals surface area contributed by atoms with Crippen molar-refractivity contribution in [2.45, 2.75) is 6.10 Å². The van der Waals surface area contributed by atoms with E-state index in [0.717, 1.165) is 5.56 Å². The first-order chi connectivity index (χ1) is 9.65. The van der Waals surface area contributed by atoms with E-state index >= 15 is 0 Å². The van der Waals surface area contributed by atoms with Crippen LogP contribution in [0.2, 0.25) is 0 Å². The highest BCUT2D eigenvalue weighted by molar-refractivity contribution is 5.87. The lowest BCUT2D eigenvalue weighted by molar-refractivity contribution is 0.0697. The van der Waals surface area contributed by atoms with Crippen LogP contribution >= 0.6 is 0 Å². The number of benzene rings is 2. The Hall–Kier alpha value is -2.17. The molecule has 0 saturated heterocycles. The van der Waals surface area contributed by atoms with Crippen LogP contribution in [0.4, 0.5) is 0 Å². The molecule has 0 amide bonds. The van der Waals surface area contributed by atoms with Gasteiger partial charge in [-0.3, -0.25) is 0 Å². The van der Waals surface area contributed by atoms with Gasteiger partial charge < -0.3 is 15.5 Å². The van der Waals surface area contributed by atoms with Crippen molar-refractivity contribution in [3.63, 3.8) is 0 Å². The molecule has 1 atom stereocenters. The predicted molar refractivity (Wildman–Crippen MR) is 78.7 cm³/mol. The van der Waals surface area contributed by atoms with Crippen LogP contribution in [0.15, 0.2) is 60.7 Å². The average molecular weight is 273 g/mol. The molecule has 3 N–H and O–H groups in total. The number of carboxylic acid groups (broad SMARTS) is 1. The topological polar surface area (TPSA) is 69.6 Å². The van der Waals surface area contributed by atoms with E-state index in [2.05, 4.69) is 5.32 Å². The van der Waals surface area contributed by atoms with E-state index in [1.54, 1.807) is 30.3 Å². The van der Waals surface area contributed by atoms with Crippen molar-refractivity contribution >= 4 is 5.97 Å². The normalized spacial score (nSPS) is 11.1. The Morgan fingerprint density at radius 1 is 1.05 bits per heavy atom. The molecular formula is C16H19NO3. The summed E-state index contributed by atoms with van der Waals surface area (Å²) in [6.07, 6.45) is -0.388. The Bertz CT molecular complexity index is 500. The number of aromatic carboxylic acids is 1. The number of hydrogen-bond acceptors (Lipinski definition) is 3. The minimum Gasteiger partial charge on any atom is -0.478 e. The lowest BCUT2D eigenvalue weighted by atomic mass is 10.1. The summed E-state index contributed by atoms with van der Waals surface area (Å²) in [6.45, 7) is 0.601. The zero-order valence-electron chi connectivity index (χ0n) is 11.4. The minimum absolute atomic E-state index is 0.331. The van der Waals surface area contributed by atoms with Crippen LogP contribution in [-0.4, -0.2) is 29.8 Å². The van der Waals surface area contributed by atoms with Crippen LogP contribution in [0.5, 0.6) is 0 Å². The number of rotatable bonds is 4. The van der Waals surface area contributed by atoms with Crippen molar-refractivity contribution in [2.75, 3.05) is 13.6 Å². The standard InChI is InChI=1S/C9H13NO.C7H6O2/c1-10-7-9(11)8-5-3-2-4-6-8;8-7(9)6-4-2-1-3-5-6/h2-6,9-11H,7H2,1H3;1-5H,(H,8,9). The Morgan fingerprint density at radius 2 is 1.55 bits per heavy atom. The number of carboxylic acids is 1. The van der Waals surface area contributed by atoms with Gasteiger partial charge in [0.15, 0.2) is 0 Å². The Kier molecular flexibility index (Phi) is 7.03. The van der Waals surface area contributed by atoms with Crippen LogP contribution in [0, 0.1) is 0 Å². The number of carbonyl (C=O) groups is 1. The van der Waals surface area contributed by atoms with Gasteiger partial charge in [-0.2, -0.15) is 0 Å². The molecule has 20 heavy (non-hydrogen) atoms. The third kappa shape index (κ3) is 5.65. The lowest BCUT2D eigenvalue weighted by Crippen LogP contribution is -2.16. The molecule has 0 aliphatic carbocycles. The summed E-state index contributed by atoms with van der Waals surface area (Å²) in [6, 6.07) is 17.9. The Morgan fingerprint density at radius 3 is 1.95 bits per heavy atom. The summed E-state index contributed by atoms with van der Waals surface area (Å²) in [5.41, 5.74) is 1.29. The smallest absolute Gasteiger partial charge is 0.335 e. The molecule has 0 aliphatic heterocycles. The van der Waals surface area contributed by atoms with Crippen molar-refractivity contribution in [2.24, 2.45) is 0 Å². The van der Waals surface area contributed by atoms with E-state index in [0.29, 0.717) is 12.1 Å². The highest BCUT2D eigenvalue weighted by atomic mass is 16.4. The Labute approximate surface area is 118 Å². The van der Waals surface area contributed by atoms with Crippen molar-refractivity contribution < 1.29 is 15.0 Å². The largest absolute Gasteiger partial charge is 0.478 e. The van der Waals surface area contributed by atoms with Crippen LogP contribution in [-0.2, 0) is 0 Å². The molecule has 2 rings (SSSR count). The molecule has 2 aromatic carbocycles. The van der Waals surface area contributed by atoms with Crippen LogP contribution in [0.3, 0.4) is 0 Å². The third-order valence-electron chi connectivity index (χ3n) is 2.60. The van der Waals surface area contributed by atoms with Gasteiger partial charge in [-0.25, -0.2) is 4.79 Å². The zero-order valence-corrected chi connectivity index (χ0v) is 11.4. The van der Waals surface area contributed by atoms with Crippen molar-refractivity contribution in [3.05, 3.63) is 71.8 Å². The van der Waals surface area contributed by atoms with Crippen molar-refractivity contribution in [3.8, 4) is 0 Å². The lowest BCUT2D eigenvalue weighted by Gasteiger charge is -2.08. The molecule has 4 heteroatoms. The molecule has 1 unspecified atom stereocenters. The average Bonchev–Trinajstić information content (AvgIpc) is 2.50. The van der Waals surface area contributed by atoms with E-state index < -0.39 is 5.97 Å². The van der Waals surface area contributed by atoms with Crippen LogP contribution in [0.25, 0.3) is 0 Å². The summed E-state index contributed by atoms with van der Waals surface area (Å²) in [4.78, 5) is 10.2. The molecule has 0 radical (unpaired) electrons. The highest BCUT2D eigenvalue weighted by Crippen LogP contribution is 2.09. The van der Waals surface area contributed by atoms with Gasteiger partial charge in [-0.05, 0) is 24.7 Å². The van der Waals surface area contributed by atoms with Gasteiger partial charge in [0.1, 0.15) is 0 Å². The molecule has 0 aromatic heterocycles. The van der Waals surface area contributed by atoms with Crippen molar-refractivity contribution in [1.82, 2.24) is 5.32 Å². The number of aliphatic hydroxyl groups is 1. The molecule has 2 aromatic rings. The van der Waals surface area contributed by atoms with Gasteiger partial charge in [0.25, 0.3) is 0 Å². The fraction of sp³-hybridized carbons (Fsp3) is 0.188. The van der Waals surface area contributed by atoms with E-state index in [4.69, 9.17) is 5.11 Å². The molecule has 0 heterocycles. The van der Waals surface area contributed by atoms with Gasteiger partial charge in [0.05, 0.1) is 11.7 Å². The highest BCUT2D eigenvalue weighted by Gasteiger charge is 2.03. The molecule has 106 valence electrons. The molecule has 0 fully saturated rings. The Balaban J connectivity index is 0.000000204. The third-order valence-corrected chi connectivity index (χ3v) is 2.60. The van der Waals surface area contributed by atoms with E-state index in [-0.39, 0.29) is 6.10 Å². The number of hydrogen-bond donors (Lipinski definition) is 3. The molecule has 0 bridgehead atoms. The predicted octanol–water partition coefficient (Wildman–Crippen LogP) is 2.32. The van der Waals surface area contributed by atoms with Gasteiger partial charge in [-0.1, -0.05) is 48.5 Å². The first-order valence-electron chi connectivity index (χ1n) is 6.31. The summed E-state index contributed by atoms with van der Waals surface area (Å²) >= 11 is 0. The zero-order chi connectivity index (χ0) is 14.8. The monoisotopic (exact) mass is 273 g/mol. The van der Waals surface area contributed by atoms with E-state index in [1.165, 1.54) is 0 Å². The molecular weight excluding hydrogens is 254 g/mol. The van der Waals surface area contributed by atoms with Gasteiger partial charge in [-0.15, -0.1) is 0 Å². The second-order valence-electron chi connectivity index (χ2n) is 4.16. The molecule has 0 saturated carbocycles. The summed E-state index contributed by atoms with van der Waals surface area (Å²) < 4.78 is 0. The SMILES string of the molecule is CNCC(O)c1ccccc1.O=C(O)c1ccccc1. The van der Waals surface area contributed by atoms with E-state index in [9.17, 15) is 9.90 Å². The van der Waals surface area contributed by atoms with Gasteiger partial charge in [0, 0.05) is 6.54 Å². The number of nitrogens with one attached hydrogen (secondary N) is 1. The fourth-order valence-electron chi connectivity index (χ4n) is 1.57. The first-order valence-corrected chi connectivity index (χ1v) is 6.31. The maximum absolute atomic E-state index is 10.2. The van der Waals surface area contributed by atoms with Gasteiger partial charge in [0.2, 0.25) is 0 Å². The minimum atomic E-state index is -0.879. The van der Waals surface area contributed by atoms with Crippen LogP contribution < -0.4 is 5.32 Å². The van der Waals surface area contributed by atoms with Gasteiger partial charge >= 0.3 is 5.97 Å². The maximum Gasteiger partial charge on any atom is 0.335 e. The van der Waals surface area contributed by atoms with Crippen LogP contribution in [0.1, 0.15) is 22.0 Å². The summed E-state index contributed by atoms with van der Waals surface area (Å²) in [5.74, 6) is -0.879. The summed E-state index contributed by atoms with van der Waals surface area (Å²) in [7, 11) is 1.83. The summed E-state index contributed by atoms with van der Waals surface area (Å²) in [5, 5.41) is 20.8. The van der Waals surface area contributed by atoms with Crippen molar-refractivity contribution in [1.29, 1.82) is 0 Å². The maximum atomic E-state index is 10.2. The number of aliphatic hydroxyl groups excluding tert-OH is 1. The first kappa shape index (κ1) is 15.9. The quantitative estimate of drug-likeness (QED) is 0.799. The fourth-order valence-corrected chi connectivity index (χ4v) is 1.57. The van der Waals surface area contributed by atoms with E-state index in [1.807, 2.05) is 37.4 Å². The second-order valence-corrected chi connectivity index (χ2v) is 4.16. The number of likely N-dealkylation sites (N-methyl/N-ethyl adjacent to an activating group) is 1. The second kappa shape index (κ2) is 8.85. The molecule has 4 nitrogen and oxygen atoms in total. The molecule has 0 spiro atoms.